The third-order valence-electron chi connectivity index (χ3n) is 5.73. The van der Waals surface area contributed by atoms with Gasteiger partial charge in [0.25, 0.3) is 5.91 Å². The SMILES string of the molecule is COc1cc(CN2CC(=O)Nc3c(cc(CBr)cc3-c3ccc(F)cc3C)C2=O)cc(OC)c1. The Morgan fingerprint density at radius 3 is 2.24 bits per heavy atom. The Labute approximate surface area is 205 Å². The number of aryl methyl sites for hydroxylation is 1. The van der Waals surface area contributed by atoms with Crippen molar-refractivity contribution in [2.45, 2.75) is 18.8 Å². The summed E-state index contributed by atoms with van der Waals surface area (Å²) in [5.41, 5.74) is 4.59. The van der Waals surface area contributed by atoms with Crippen LogP contribution in [0.2, 0.25) is 0 Å². The molecule has 0 saturated carbocycles. The topological polar surface area (TPSA) is 67.9 Å². The van der Waals surface area contributed by atoms with Gasteiger partial charge in [-0.25, -0.2) is 4.39 Å². The van der Waals surface area contributed by atoms with Gasteiger partial charge in [0.1, 0.15) is 23.9 Å². The number of hydrogen-bond donors (Lipinski definition) is 1. The number of nitrogens with zero attached hydrogens (tertiary/aromatic N) is 1. The maximum absolute atomic E-state index is 13.7. The van der Waals surface area contributed by atoms with Gasteiger partial charge in [-0.3, -0.25) is 9.59 Å². The monoisotopic (exact) mass is 526 g/mol. The summed E-state index contributed by atoms with van der Waals surface area (Å²) in [4.78, 5) is 28.1. The number of methoxy groups -OCH3 is 2. The van der Waals surface area contributed by atoms with Gasteiger partial charge in [-0.05, 0) is 65.6 Å². The van der Waals surface area contributed by atoms with E-state index in [1.807, 2.05) is 18.2 Å². The van der Waals surface area contributed by atoms with E-state index < -0.39 is 0 Å². The Bertz CT molecular complexity index is 1260. The van der Waals surface area contributed by atoms with Crippen LogP contribution in [0, 0.1) is 12.7 Å². The van der Waals surface area contributed by atoms with Crippen LogP contribution in [-0.2, 0) is 16.7 Å². The molecule has 1 aliphatic rings. The van der Waals surface area contributed by atoms with Crippen LogP contribution >= 0.6 is 15.9 Å². The normalized spacial score (nSPS) is 13.3. The molecule has 2 amide bonds. The number of nitrogens with one attached hydrogen (secondary N) is 1. The highest BCUT2D eigenvalue weighted by molar-refractivity contribution is 9.08. The highest BCUT2D eigenvalue weighted by atomic mass is 79.9. The van der Waals surface area contributed by atoms with Crippen molar-refractivity contribution in [1.82, 2.24) is 4.90 Å². The maximum atomic E-state index is 13.7. The van der Waals surface area contributed by atoms with Crippen molar-refractivity contribution in [2.75, 3.05) is 26.1 Å². The lowest BCUT2D eigenvalue weighted by atomic mass is 9.94. The van der Waals surface area contributed by atoms with Crippen molar-refractivity contribution >= 4 is 33.4 Å². The van der Waals surface area contributed by atoms with E-state index in [9.17, 15) is 14.0 Å². The summed E-state index contributed by atoms with van der Waals surface area (Å²) in [5.74, 6) is 0.256. The van der Waals surface area contributed by atoms with Gasteiger partial charge in [0.05, 0.1) is 25.5 Å². The van der Waals surface area contributed by atoms with E-state index in [0.29, 0.717) is 39.2 Å². The summed E-state index contributed by atoms with van der Waals surface area (Å²) >= 11 is 3.47. The molecule has 1 heterocycles. The molecule has 0 aromatic heterocycles. The minimum Gasteiger partial charge on any atom is -0.497 e. The zero-order chi connectivity index (χ0) is 24.4. The molecule has 0 spiro atoms. The van der Waals surface area contributed by atoms with Crippen molar-refractivity contribution in [1.29, 1.82) is 0 Å². The summed E-state index contributed by atoms with van der Waals surface area (Å²) in [7, 11) is 3.11. The molecule has 1 N–H and O–H groups in total. The molecule has 0 radical (unpaired) electrons. The third-order valence-corrected chi connectivity index (χ3v) is 6.38. The van der Waals surface area contributed by atoms with E-state index in [2.05, 4.69) is 21.2 Å². The van der Waals surface area contributed by atoms with Gasteiger partial charge >= 0.3 is 0 Å². The van der Waals surface area contributed by atoms with Gasteiger partial charge < -0.3 is 19.7 Å². The van der Waals surface area contributed by atoms with Crippen LogP contribution in [0.5, 0.6) is 11.5 Å². The van der Waals surface area contributed by atoms with Crippen LogP contribution in [0.4, 0.5) is 10.1 Å². The first-order chi connectivity index (χ1) is 16.3. The van der Waals surface area contributed by atoms with E-state index in [0.717, 1.165) is 16.7 Å². The zero-order valence-electron chi connectivity index (χ0n) is 19.1. The average molecular weight is 527 g/mol. The Morgan fingerprint density at radius 1 is 0.941 bits per heavy atom. The molecule has 3 aromatic rings. The first-order valence-corrected chi connectivity index (χ1v) is 11.8. The number of ether oxygens (including phenoxy) is 2. The predicted octanol–water partition coefficient (Wildman–Crippen LogP) is 5.31. The molecule has 0 saturated heterocycles. The molecule has 0 unspecified atom stereocenters. The first kappa shape index (κ1) is 23.8. The van der Waals surface area contributed by atoms with Gasteiger partial charge in [-0.15, -0.1) is 0 Å². The largest absolute Gasteiger partial charge is 0.497 e. The van der Waals surface area contributed by atoms with Crippen LogP contribution < -0.4 is 14.8 Å². The highest BCUT2D eigenvalue weighted by Gasteiger charge is 2.29. The smallest absolute Gasteiger partial charge is 0.256 e. The van der Waals surface area contributed by atoms with E-state index in [4.69, 9.17) is 9.47 Å². The molecule has 0 bridgehead atoms. The molecular formula is C26H24BrFN2O4. The van der Waals surface area contributed by atoms with E-state index >= 15 is 0 Å². The molecule has 176 valence electrons. The summed E-state index contributed by atoms with van der Waals surface area (Å²) < 4.78 is 24.4. The van der Waals surface area contributed by atoms with Crippen molar-refractivity contribution in [3.05, 3.63) is 76.6 Å². The molecule has 0 fully saturated rings. The van der Waals surface area contributed by atoms with Crippen LogP contribution in [-0.4, -0.2) is 37.5 Å². The number of halogens is 2. The zero-order valence-corrected chi connectivity index (χ0v) is 20.7. The molecular weight excluding hydrogens is 503 g/mol. The summed E-state index contributed by atoms with van der Waals surface area (Å²) in [5, 5.41) is 3.43. The van der Waals surface area contributed by atoms with Crippen LogP contribution in [0.3, 0.4) is 0 Å². The van der Waals surface area contributed by atoms with Crippen LogP contribution in [0.25, 0.3) is 11.1 Å². The number of carbonyl (C=O) groups is 2. The molecule has 4 rings (SSSR count). The fraction of sp³-hybridized carbons (Fsp3) is 0.231. The number of amides is 2. The Kier molecular flexibility index (Phi) is 6.88. The van der Waals surface area contributed by atoms with Crippen molar-refractivity contribution in [3.8, 4) is 22.6 Å². The second-order valence-electron chi connectivity index (χ2n) is 8.09. The molecule has 34 heavy (non-hydrogen) atoms. The minimum absolute atomic E-state index is 0.113. The average Bonchev–Trinajstić information content (AvgIpc) is 2.94. The molecule has 0 atom stereocenters. The van der Waals surface area contributed by atoms with Gasteiger partial charge in [0.2, 0.25) is 5.91 Å². The standard InChI is InChI=1S/C26H24BrFN2O4/c1-15-6-18(28)4-5-21(15)22-9-16(12-27)10-23-25(22)29-24(31)14-30(26(23)32)13-17-7-19(33-2)11-20(8-17)34-3/h4-11H,12-14H2,1-3H3,(H,29,31). The Hall–Kier alpha value is -3.39. The predicted molar refractivity (Wildman–Crippen MR) is 132 cm³/mol. The Balaban J connectivity index is 1.80. The number of rotatable bonds is 6. The highest BCUT2D eigenvalue weighted by Crippen LogP contribution is 2.37. The summed E-state index contributed by atoms with van der Waals surface area (Å²) in [6, 6.07) is 13.5. The van der Waals surface area contributed by atoms with Gasteiger partial charge in [-0.2, -0.15) is 0 Å². The van der Waals surface area contributed by atoms with Gasteiger partial charge in [0, 0.05) is 23.5 Å². The second kappa shape index (κ2) is 9.85. The Morgan fingerprint density at radius 2 is 1.62 bits per heavy atom. The van der Waals surface area contributed by atoms with Crippen LogP contribution in [0.1, 0.15) is 27.0 Å². The number of hydrogen-bond acceptors (Lipinski definition) is 4. The van der Waals surface area contributed by atoms with Crippen molar-refractivity contribution in [2.24, 2.45) is 0 Å². The number of alkyl halides is 1. The fourth-order valence-corrected chi connectivity index (χ4v) is 4.45. The second-order valence-corrected chi connectivity index (χ2v) is 8.65. The summed E-state index contributed by atoms with van der Waals surface area (Å²) in [6.45, 7) is 1.88. The molecule has 3 aromatic carbocycles. The number of fused-ring (bicyclic) bond motifs is 1. The van der Waals surface area contributed by atoms with Crippen molar-refractivity contribution in [3.63, 3.8) is 0 Å². The van der Waals surface area contributed by atoms with Crippen LogP contribution in [0.15, 0.2) is 48.5 Å². The number of carbonyl (C=O) groups excluding carboxylic acids is 2. The quantitative estimate of drug-likeness (QED) is 0.442. The number of benzene rings is 3. The van der Waals surface area contributed by atoms with Crippen molar-refractivity contribution < 1.29 is 23.5 Å². The van der Waals surface area contributed by atoms with E-state index in [-0.39, 0.29) is 30.7 Å². The molecule has 0 aliphatic carbocycles. The minimum atomic E-state index is -0.344. The lowest BCUT2D eigenvalue weighted by molar-refractivity contribution is -0.116. The lowest BCUT2D eigenvalue weighted by Crippen LogP contribution is -2.34. The van der Waals surface area contributed by atoms with E-state index in [1.54, 1.807) is 39.3 Å². The molecule has 1 aliphatic heterocycles. The lowest BCUT2D eigenvalue weighted by Gasteiger charge is -2.21. The van der Waals surface area contributed by atoms with Gasteiger partial charge in [0.15, 0.2) is 0 Å². The maximum Gasteiger partial charge on any atom is 0.256 e. The molecule has 8 heteroatoms. The summed E-state index contributed by atoms with van der Waals surface area (Å²) in [6.07, 6.45) is 0. The molecule has 6 nitrogen and oxygen atoms in total. The van der Waals surface area contributed by atoms with Gasteiger partial charge in [-0.1, -0.05) is 22.0 Å². The van der Waals surface area contributed by atoms with E-state index in [1.165, 1.54) is 17.0 Å². The first-order valence-electron chi connectivity index (χ1n) is 10.6. The third kappa shape index (κ3) is 4.77. The number of anilines is 1. The fourth-order valence-electron chi connectivity index (χ4n) is 4.12.